The molecule has 2 nitrogen and oxygen atoms in total. The van der Waals surface area contributed by atoms with Crippen molar-refractivity contribution in [2.75, 3.05) is 5.75 Å². The van der Waals surface area contributed by atoms with Gasteiger partial charge in [0.25, 0.3) is 9.05 Å². The van der Waals surface area contributed by atoms with Crippen LogP contribution in [0.2, 0.25) is 0 Å². The zero-order valence-corrected chi connectivity index (χ0v) is 9.35. The molecular formula is C8H6ClFO2S2. The van der Waals surface area contributed by atoms with E-state index in [0.717, 1.165) is 16.7 Å². The predicted octanol–water partition coefficient (Wildman–Crippen LogP) is 2.40. The Labute approximate surface area is 89.9 Å². The molecule has 1 aliphatic rings. The molecule has 0 radical (unpaired) electrons. The summed E-state index contributed by atoms with van der Waals surface area (Å²) in [5.74, 6) is 0.0133. The first-order valence-corrected chi connectivity index (χ1v) is 7.18. The minimum Gasteiger partial charge on any atom is -0.207 e. The van der Waals surface area contributed by atoms with Crippen LogP contribution in [-0.4, -0.2) is 14.2 Å². The molecule has 0 atom stereocenters. The maximum absolute atomic E-state index is 13.3. The predicted molar refractivity (Wildman–Crippen MR) is 53.9 cm³/mol. The van der Waals surface area contributed by atoms with Crippen LogP contribution in [0.25, 0.3) is 0 Å². The van der Waals surface area contributed by atoms with Crippen LogP contribution in [0.3, 0.4) is 0 Å². The van der Waals surface area contributed by atoms with E-state index in [-0.39, 0.29) is 4.90 Å². The second-order valence-corrected chi connectivity index (χ2v) is 6.53. The van der Waals surface area contributed by atoms with Crippen molar-refractivity contribution in [1.29, 1.82) is 0 Å². The van der Waals surface area contributed by atoms with Crippen molar-refractivity contribution in [3.05, 3.63) is 23.5 Å². The lowest BCUT2D eigenvalue weighted by atomic mass is 10.2. The van der Waals surface area contributed by atoms with Gasteiger partial charge in [-0.25, -0.2) is 12.8 Å². The van der Waals surface area contributed by atoms with Crippen molar-refractivity contribution in [2.24, 2.45) is 0 Å². The molecule has 0 saturated heterocycles. The minimum absolute atomic E-state index is 0.346. The summed E-state index contributed by atoms with van der Waals surface area (Å²) in [6, 6.07) is 2.74. The summed E-state index contributed by atoms with van der Waals surface area (Å²) in [6.07, 6.45) is 0.555. The number of hydrogen-bond acceptors (Lipinski definition) is 3. The molecule has 0 fully saturated rings. The molecule has 0 bridgehead atoms. The highest BCUT2D eigenvalue weighted by atomic mass is 35.7. The Hall–Kier alpha value is -0.260. The molecule has 0 spiro atoms. The van der Waals surface area contributed by atoms with E-state index in [2.05, 4.69) is 0 Å². The lowest BCUT2D eigenvalue weighted by Gasteiger charge is -2.04. The zero-order valence-electron chi connectivity index (χ0n) is 6.96. The van der Waals surface area contributed by atoms with Crippen molar-refractivity contribution >= 4 is 31.5 Å². The van der Waals surface area contributed by atoms with Crippen LogP contribution in [0.15, 0.2) is 21.9 Å². The summed E-state index contributed by atoms with van der Waals surface area (Å²) < 4.78 is 35.5. The molecule has 76 valence electrons. The van der Waals surface area contributed by atoms with Crippen molar-refractivity contribution in [3.8, 4) is 0 Å². The second kappa shape index (κ2) is 3.40. The number of halogens is 2. The van der Waals surface area contributed by atoms with E-state index in [1.54, 1.807) is 6.07 Å². The van der Waals surface area contributed by atoms with E-state index < -0.39 is 14.9 Å². The highest BCUT2D eigenvalue weighted by molar-refractivity contribution is 8.13. The Morgan fingerprint density at radius 2 is 2.14 bits per heavy atom. The molecule has 6 heteroatoms. The van der Waals surface area contributed by atoms with Crippen LogP contribution in [0, 0.1) is 5.82 Å². The van der Waals surface area contributed by atoms with Crippen molar-refractivity contribution in [3.63, 3.8) is 0 Å². The fraction of sp³-hybridized carbons (Fsp3) is 0.250. The molecule has 0 N–H and O–H groups in total. The van der Waals surface area contributed by atoms with Crippen molar-refractivity contribution in [2.45, 2.75) is 16.2 Å². The third-order valence-corrected chi connectivity index (χ3v) is 4.52. The summed E-state index contributed by atoms with van der Waals surface area (Å²) in [5, 5.41) is 0. The van der Waals surface area contributed by atoms with Crippen molar-refractivity contribution in [1.82, 2.24) is 0 Å². The van der Waals surface area contributed by atoms with E-state index in [1.165, 1.54) is 11.8 Å². The number of fused-ring (bicyclic) bond motifs is 1. The van der Waals surface area contributed by atoms with E-state index in [4.69, 9.17) is 10.7 Å². The topological polar surface area (TPSA) is 34.1 Å². The van der Waals surface area contributed by atoms with Gasteiger partial charge in [-0.3, -0.25) is 0 Å². The quantitative estimate of drug-likeness (QED) is 0.720. The lowest BCUT2D eigenvalue weighted by molar-refractivity contribution is 0.570. The van der Waals surface area contributed by atoms with Crippen LogP contribution in [0.4, 0.5) is 4.39 Å². The van der Waals surface area contributed by atoms with Crippen LogP contribution >= 0.6 is 22.4 Å². The van der Waals surface area contributed by atoms with Crippen LogP contribution in [-0.2, 0) is 15.5 Å². The third-order valence-electron chi connectivity index (χ3n) is 2.02. The fourth-order valence-electron chi connectivity index (χ4n) is 1.48. The lowest BCUT2D eigenvalue weighted by Crippen LogP contribution is -2.01. The molecule has 1 aromatic rings. The summed E-state index contributed by atoms with van der Waals surface area (Å²) in [5.41, 5.74) is 0.519. The van der Waals surface area contributed by atoms with Crippen LogP contribution in [0.5, 0.6) is 0 Å². The number of benzene rings is 1. The normalized spacial score (nSPS) is 15.6. The molecule has 0 saturated carbocycles. The first-order chi connectivity index (χ1) is 6.50. The molecule has 14 heavy (non-hydrogen) atoms. The maximum Gasteiger partial charge on any atom is 0.264 e. The molecule has 1 aromatic carbocycles. The Morgan fingerprint density at radius 1 is 1.43 bits per heavy atom. The highest BCUT2D eigenvalue weighted by Crippen LogP contribution is 2.37. The van der Waals surface area contributed by atoms with E-state index in [0.29, 0.717) is 12.0 Å². The van der Waals surface area contributed by atoms with Gasteiger partial charge < -0.3 is 0 Å². The summed E-state index contributed by atoms with van der Waals surface area (Å²) in [7, 11) is 1.20. The first kappa shape index (κ1) is 10.3. The highest BCUT2D eigenvalue weighted by Gasteiger charge is 2.26. The van der Waals surface area contributed by atoms with Crippen LogP contribution in [0.1, 0.15) is 5.56 Å². The smallest absolute Gasteiger partial charge is 0.207 e. The Kier molecular flexibility index (Phi) is 2.49. The zero-order chi connectivity index (χ0) is 10.3. The Bertz CT molecular complexity index is 484. The molecular weight excluding hydrogens is 247 g/mol. The standard InChI is InChI=1S/C8H6ClFO2S2/c9-14(11,12)8-5-3-4-13-7(5)2-1-6(8)10/h1-2H,3-4H2. The Balaban J connectivity index is 2.76. The fourth-order valence-corrected chi connectivity index (χ4v) is 3.92. The summed E-state index contributed by atoms with van der Waals surface area (Å²) in [6.45, 7) is 0. The maximum atomic E-state index is 13.3. The van der Waals surface area contributed by atoms with Gasteiger partial charge in [0.05, 0.1) is 0 Å². The summed E-state index contributed by atoms with van der Waals surface area (Å²) in [4.78, 5) is 0.465. The van der Waals surface area contributed by atoms with Crippen molar-refractivity contribution < 1.29 is 12.8 Å². The van der Waals surface area contributed by atoms with E-state index >= 15 is 0 Å². The van der Waals surface area contributed by atoms with Gasteiger partial charge in [-0.05, 0) is 24.1 Å². The average Bonchev–Trinajstić information content (AvgIpc) is 2.48. The third kappa shape index (κ3) is 1.64. The average molecular weight is 253 g/mol. The SMILES string of the molecule is O=S(=O)(Cl)c1c(F)ccc2c1CCS2. The molecule has 0 aliphatic carbocycles. The van der Waals surface area contributed by atoms with Gasteiger partial charge >= 0.3 is 0 Å². The van der Waals surface area contributed by atoms with E-state index in [1.807, 2.05) is 0 Å². The van der Waals surface area contributed by atoms with Gasteiger partial charge in [0.1, 0.15) is 10.7 Å². The van der Waals surface area contributed by atoms with Gasteiger partial charge in [-0.1, -0.05) is 0 Å². The Morgan fingerprint density at radius 3 is 2.79 bits per heavy atom. The monoisotopic (exact) mass is 252 g/mol. The minimum atomic E-state index is -3.97. The molecule has 0 unspecified atom stereocenters. The summed E-state index contributed by atoms with van der Waals surface area (Å²) >= 11 is 1.52. The second-order valence-electron chi connectivity index (χ2n) is 2.89. The molecule has 0 aromatic heterocycles. The van der Waals surface area contributed by atoms with Gasteiger partial charge in [0.2, 0.25) is 0 Å². The van der Waals surface area contributed by atoms with Gasteiger partial charge in [-0.15, -0.1) is 11.8 Å². The number of thioether (sulfide) groups is 1. The van der Waals surface area contributed by atoms with Gasteiger partial charge in [0.15, 0.2) is 0 Å². The van der Waals surface area contributed by atoms with Gasteiger partial charge in [0, 0.05) is 21.3 Å². The largest absolute Gasteiger partial charge is 0.264 e. The van der Waals surface area contributed by atoms with Crippen LogP contribution < -0.4 is 0 Å². The molecule has 1 heterocycles. The number of rotatable bonds is 1. The van der Waals surface area contributed by atoms with Gasteiger partial charge in [-0.2, -0.15) is 0 Å². The van der Waals surface area contributed by atoms with E-state index in [9.17, 15) is 12.8 Å². The molecule has 0 amide bonds. The molecule has 1 aliphatic heterocycles. The number of hydrogen-bond donors (Lipinski definition) is 0. The molecule has 2 rings (SSSR count). The first-order valence-electron chi connectivity index (χ1n) is 3.89.